The Morgan fingerprint density at radius 1 is 1.28 bits per heavy atom. The molecule has 1 rings (SSSR count). The van der Waals surface area contributed by atoms with E-state index in [1.54, 1.807) is 6.92 Å². The van der Waals surface area contributed by atoms with E-state index in [4.69, 9.17) is 5.11 Å². The third-order valence-electron chi connectivity index (χ3n) is 3.01. The van der Waals surface area contributed by atoms with E-state index < -0.39 is 11.9 Å². The number of carboxylic acids is 1. The standard InChI is InChI=1S/C15H22O2S/c1-3-4-5-10-18-11-13-6-8-14(9-7-13)12(2)15(16)17/h6-9,12H,3-5,10-11H2,1-2H3,(H,16,17). The largest absolute Gasteiger partial charge is 0.481 e. The minimum absolute atomic E-state index is 0.420. The average Bonchev–Trinajstić information content (AvgIpc) is 2.38. The zero-order valence-electron chi connectivity index (χ0n) is 11.2. The maximum atomic E-state index is 10.9. The van der Waals surface area contributed by atoms with E-state index in [1.165, 1.54) is 30.6 Å². The van der Waals surface area contributed by atoms with Gasteiger partial charge in [0, 0.05) is 5.75 Å². The van der Waals surface area contributed by atoms with Crippen LogP contribution >= 0.6 is 11.8 Å². The van der Waals surface area contributed by atoms with Gasteiger partial charge in [0.25, 0.3) is 0 Å². The highest BCUT2D eigenvalue weighted by atomic mass is 32.2. The molecular formula is C15H22O2S. The minimum Gasteiger partial charge on any atom is -0.481 e. The molecule has 1 N–H and O–H groups in total. The van der Waals surface area contributed by atoms with Crippen molar-refractivity contribution in [2.24, 2.45) is 0 Å². The van der Waals surface area contributed by atoms with E-state index in [-0.39, 0.29) is 0 Å². The van der Waals surface area contributed by atoms with Crippen molar-refractivity contribution < 1.29 is 9.90 Å². The van der Waals surface area contributed by atoms with Crippen molar-refractivity contribution in [2.75, 3.05) is 5.75 Å². The van der Waals surface area contributed by atoms with Gasteiger partial charge >= 0.3 is 5.97 Å². The molecule has 2 nitrogen and oxygen atoms in total. The number of unbranched alkanes of at least 4 members (excludes halogenated alkanes) is 2. The molecule has 0 saturated carbocycles. The Hall–Kier alpha value is -0.960. The second-order valence-electron chi connectivity index (χ2n) is 4.56. The van der Waals surface area contributed by atoms with Gasteiger partial charge in [-0.05, 0) is 30.2 Å². The number of benzene rings is 1. The van der Waals surface area contributed by atoms with Crippen LogP contribution in [-0.4, -0.2) is 16.8 Å². The van der Waals surface area contributed by atoms with E-state index in [0.717, 1.165) is 11.3 Å². The van der Waals surface area contributed by atoms with Gasteiger partial charge in [-0.1, -0.05) is 44.0 Å². The zero-order valence-corrected chi connectivity index (χ0v) is 12.0. The molecule has 0 aliphatic carbocycles. The molecule has 1 aromatic carbocycles. The molecule has 0 aliphatic rings. The summed E-state index contributed by atoms with van der Waals surface area (Å²) in [6.45, 7) is 3.93. The molecule has 0 bridgehead atoms. The number of carboxylic acid groups (broad SMARTS) is 1. The van der Waals surface area contributed by atoms with Crippen molar-refractivity contribution in [3.63, 3.8) is 0 Å². The molecule has 0 saturated heterocycles. The van der Waals surface area contributed by atoms with Crippen LogP contribution in [0.3, 0.4) is 0 Å². The van der Waals surface area contributed by atoms with Crippen LogP contribution in [0.15, 0.2) is 24.3 Å². The normalized spacial score (nSPS) is 12.3. The Labute approximate surface area is 114 Å². The van der Waals surface area contributed by atoms with Gasteiger partial charge in [-0.15, -0.1) is 0 Å². The average molecular weight is 266 g/mol. The van der Waals surface area contributed by atoms with E-state index in [2.05, 4.69) is 6.92 Å². The summed E-state index contributed by atoms with van der Waals surface area (Å²) in [5.41, 5.74) is 2.15. The molecule has 1 atom stereocenters. The lowest BCUT2D eigenvalue weighted by Gasteiger charge is -2.07. The van der Waals surface area contributed by atoms with Crippen molar-refractivity contribution in [3.8, 4) is 0 Å². The predicted molar refractivity (Wildman–Crippen MR) is 78.2 cm³/mol. The summed E-state index contributed by atoms with van der Waals surface area (Å²) < 4.78 is 0. The maximum Gasteiger partial charge on any atom is 0.310 e. The van der Waals surface area contributed by atoms with Crippen molar-refractivity contribution in [1.29, 1.82) is 0 Å². The first-order valence-corrected chi connectivity index (χ1v) is 7.70. The van der Waals surface area contributed by atoms with Gasteiger partial charge in [-0.25, -0.2) is 0 Å². The molecule has 3 heteroatoms. The Bertz CT molecular complexity index is 359. The summed E-state index contributed by atoms with van der Waals surface area (Å²) in [7, 11) is 0. The molecule has 0 spiro atoms. The summed E-state index contributed by atoms with van der Waals surface area (Å²) in [5.74, 6) is 1.04. The van der Waals surface area contributed by atoms with Crippen LogP contribution in [0, 0.1) is 0 Å². The van der Waals surface area contributed by atoms with Gasteiger partial charge < -0.3 is 5.11 Å². The van der Waals surface area contributed by atoms with E-state index >= 15 is 0 Å². The fourth-order valence-electron chi connectivity index (χ4n) is 1.69. The van der Waals surface area contributed by atoms with Crippen LogP contribution in [0.2, 0.25) is 0 Å². The van der Waals surface area contributed by atoms with Crippen molar-refractivity contribution in [2.45, 2.75) is 44.8 Å². The Morgan fingerprint density at radius 2 is 1.94 bits per heavy atom. The van der Waals surface area contributed by atoms with Gasteiger partial charge in [0.15, 0.2) is 0 Å². The Morgan fingerprint density at radius 3 is 2.50 bits per heavy atom. The first-order chi connectivity index (χ1) is 8.65. The fraction of sp³-hybridized carbons (Fsp3) is 0.533. The third kappa shape index (κ3) is 5.13. The van der Waals surface area contributed by atoms with Crippen LogP contribution in [0.1, 0.15) is 50.2 Å². The molecule has 0 amide bonds. The number of thioether (sulfide) groups is 1. The highest BCUT2D eigenvalue weighted by Crippen LogP contribution is 2.19. The van der Waals surface area contributed by atoms with Crippen molar-refractivity contribution >= 4 is 17.7 Å². The van der Waals surface area contributed by atoms with Gasteiger partial charge in [0.05, 0.1) is 5.92 Å². The summed E-state index contributed by atoms with van der Waals surface area (Å²) in [4.78, 5) is 10.9. The number of hydrogen-bond acceptors (Lipinski definition) is 2. The van der Waals surface area contributed by atoms with Crippen molar-refractivity contribution in [1.82, 2.24) is 0 Å². The van der Waals surface area contributed by atoms with Crippen molar-refractivity contribution in [3.05, 3.63) is 35.4 Å². The molecule has 0 aromatic heterocycles. The van der Waals surface area contributed by atoms with E-state index in [1.807, 2.05) is 36.0 Å². The second-order valence-corrected chi connectivity index (χ2v) is 5.67. The fourth-order valence-corrected chi connectivity index (χ4v) is 2.67. The lowest BCUT2D eigenvalue weighted by molar-refractivity contribution is -0.138. The summed E-state index contributed by atoms with van der Waals surface area (Å²) in [6, 6.07) is 7.95. The highest BCUT2D eigenvalue weighted by Gasteiger charge is 2.12. The number of carbonyl (C=O) groups is 1. The number of aliphatic carboxylic acids is 1. The molecule has 0 radical (unpaired) electrons. The summed E-state index contributed by atoms with van der Waals surface area (Å²) in [5, 5.41) is 8.92. The molecule has 100 valence electrons. The van der Waals surface area contributed by atoms with E-state index in [9.17, 15) is 4.79 Å². The molecule has 0 heterocycles. The van der Waals surface area contributed by atoms with Crippen LogP contribution in [0.25, 0.3) is 0 Å². The molecule has 18 heavy (non-hydrogen) atoms. The SMILES string of the molecule is CCCCCSCc1ccc(C(C)C(=O)O)cc1. The molecule has 1 unspecified atom stereocenters. The number of rotatable bonds is 8. The second kappa shape index (κ2) is 8.20. The molecular weight excluding hydrogens is 244 g/mol. The zero-order chi connectivity index (χ0) is 13.4. The van der Waals surface area contributed by atoms with Gasteiger partial charge in [0.2, 0.25) is 0 Å². The first-order valence-electron chi connectivity index (χ1n) is 6.54. The summed E-state index contributed by atoms with van der Waals surface area (Å²) in [6.07, 6.45) is 3.86. The third-order valence-corrected chi connectivity index (χ3v) is 4.13. The lowest BCUT2D eigenvalue weighted by Crippen LogP contribution is -2.07. The maximum absolute atomic E-state index is 10.9. The highest BCUT2D eigenvalue weighted by molar-refractivity contribution is 7.98. The molecule has 0 aliphatic heterocycles. The van der Waals surface area contributed by atoms with Crippen LogP contribution < -0.4 is 0 Å². The molecule has 0 fully saturated rings. The smallest absolute Gasteiger partial charge is 0.310 e. The van der Waals surface area contributed by atoms with Gasteiger partial charge in [-0.3, -0.25) is 4.79 Å². The van der Waals surface area contributed by atoms with E-state index in [0.29, 0.717) is 0 Å². The lowest BCUT2D eigenvalue weighted by atomic mass is 10.0. The summed E-state index contributed by atoms with van der Waals surface area (Å²) >= 11 is 1.95. The molecule has 1 aromatic rings. The number of hydrogen-bond donors (Lipinski definition) is 1. The quantitative estimate of drug-likeness (QED) is 0.713. The van der Waals surface area contributed by atoms with Crippen LogP contribution in [-0.2, 0) is 10.5 Å². The van der Waals surface area contributed by atoms with Crippen LogP contribution in [0.4, 0.5) is 0 Å². The van der Waals surface area contributed by atoms with Crippen LogP contribution in [0.5, 0.6) is 0 Å². The minimum atomic E-state index is -0.767. The van der Waals surface area contributed by atoms with Gasteiger partial charge in [0.1, 0.15) is 0 Å². The topological polar surface area (TPSA) is 37.3 Å². The first kappa shape index (κ1) is 15.1. The monoisotopic (exact) mass is 266 g/mol. The predicted octanol–water partition coefficient (Wildman–Crippen LogP) is 4.30. The van der Waals surface area contributed by atoms with Gasteiger partial charge in [-0.2, -0.15) is 11.8 Å². The Balaban J connectivity index is 2.38. The Kier molecular flexibility index (Phi) is 6.88.